The minimum atomic E-state index is -4.92. The van der Waals surface area contributed by atoms with Crippen LogP contribution in [0.15, 0.2) is 53.6 Å². The summed E-state index contributed by atoms with van der Waals surface area (Å²) < 4.78 is 54.8. The zero-order valence-corrected chi connectivity index (χ0v) is 16.5. The Balaban J connectivity index is 1.73. The van der Waals surface area contributed by atoms with Gasteiger partial charge in [-0.25, -0.2) is 9.37 Å². The van der Waals surface area contributed by atoms with Crippen molar-refractivity contribution in [3.63, 3.8) is 0 Å². The summed E-state index contributed by atoms with van der Waals surface area (Å²) in [6.45, 7) is 0.814. The van der Waals surface area contributed by atoms with Crippen LogP contribution in [0.2, 0.25) is 0 Å². The molecule has 1 unspecified atom stereocenters. The zero-order valence-electron chi connectivity index (χ0n) is 16.5. The maximum absolute atomic E-state index is 13.4. The molecule has 2 aromatic heterocycles. The van der Waals surface area contributed by atoms with Crippen LogP contribution in [0.4, 0.5) is 17.6 Å². The lowest BCUT2D eigenvalue weighted by Gasteiger charge is -2.21. The average molecular weight is 447 g/mol. The number of hydrogen-bond acceptors (Lipinski definition) is 5. The van der Waals surface area contributed by atoms with Crippen molar-refractivity contribution in [2.45, 2.75) is 18.8 Å². The summed E-state index contributed by atoms with van der Waals surface area (Å²) in [5, 5.41) is 5.55. The fourth-order valence-corrected chi connectivity index (χ4v) is 3.51. The fraction of sp³-hybridized carbons (Fsp3) is 0.238. The number of hydrogen-bond donors (Lipinski definition) is 2. The maximum Gasteiger partial charge on any atom is 0.417 e. The Morgan fingerprint density at radius 1 is 1.16 bits per heavy atom. The first-order chi connectivity index (χ1) is 15.2. The molecule has 166 valence electrons. The van der Waals surface area contributed by atoms with Crippen molar-refractivity contribution >= 4 is 5.91 Å². The van der Waals surface area contributed by atoms with Crippen molar-refractivity contribution in [3.05, 3.63) is 81.9 Å². The summed E-state index contributed by atoms with van der Waals surface area (Å²) >= 11 is 0. The number of halogens is 4. The molecule has 0 aliphatic carbocycles. The molecule has 0 radical (unpaired) electrons. The van der Waals surface area contributed by atoms with E-state index in [-0.39, 0.29) is 30.5 Å². The largest absolute Gasteiger partial charge is 0.417 e. The zero-order chi connectivity index (χ0) is 22.9. The first-order valence-corrected chi connectivity index (χ1v) is 9.64. The van der Waals surface area contributed by atoms with Crippen LogP contribution in [0.5, 0.6) is 0 Å². The van der Waals surface area contributed by atoms with E-state index in [2.05, 4.69) is 20.6 Å². The molecular weight excluding hydrogens is 430 g/mol. The van der Waals surface area contributed by atoms with Crippen LogP contribution in [0.25, 0.3) is 11.3 Å². The summed E-state index contributed by atoms with van der Waals surface area (Å²) in [4.78, 5) is 33.9. The lowest BCUT2D eigenvalue weighted by molar-refractivity contribution is -0.138. The number of amides is 1. The lowest BCUT2D eigenvalue weighted by atomic mass is 10.1. The number of alkyl halides is 3. The number of carbonyl (C=O) groups excluding carboxylic acids is 1. The molecule has 1 amide bonds. The van der Waals surface area contributed by atoms with Gasteiger partial charge in [0.25, 0.3) is 11.5 Å². The van der Waals surface area contributed by atoms with Crippen LogP contribution in [0, 0.1) is 5.82 Å². The molecule has 1 atom stereocenters. The molecule has 1 aliphatic rings. The van der Waals surface area contributed by atoms with Crippen molar-refractivity contribution in [2.24, 2.45) is 0 Å². The topological polar surface area (TPSA) is 88.9 Å². The van der Waals surface area contributed by atoms with Gasteiger partial charge in [-0.1, -0.05) is 0 Å². The van der Waals surface area contributed by atoms with Crippen LogP contribution in [0.1, 0.15) is 27.8 Å². The molecule has 11 heteroatoms. The van der Waals surface area contributed by atoms with Gasteiger partial charge in [0.15, 0.2) is 0 Å². The van der Waals surface area contributed by atoms with Crippen LogP contribution in [-0.2, 0) is 12.7 Å². The summed E-state index contributed by atoms with van der Waals surface area (Å²) in [6, 6.07) is 5.62. The van der Waals surface area contributed by atoms with Gasteiger partial charge < -0.3 is 10.6 Å². The highest BCUT2D eigenvalue weighted by atomic mass is 19.4. The quantitative estimate of drug-likeness (QED) is 0.603. The minimum absolute atomic E-state index is 0.139. The third-order valence-electron chi connectivity index (χ3n) is 5.02. The smallest absolute Gasteiger partial charge is 0.341 e. The minimum Gasteiger partial charge on any atom is -0.341 e. The van der Waals surface area contributed by atoms with Gasteiger partial charge >= 0.3 is 6.18 Å². The molecule has 0 spiro atoms. The predicted molar refractivity (Wildman–Crippen MR) is 106 cm³/mol. The van der Waals surface area contributed by atoms with Crippen molar-refractivity contribution in [1.29, 1.82) is 0 Å². The van der Waals surface area contributed by atoms with E-state index in [1.165, 1.54) is 23.0 Å². The molecule has 0 saturated heterocycles. The van der Waals surface area contributed by atoms with Crippen molar-refractivity contribution in [1.82, 2.24) is 25.2 Å². The van der Waals surface area contributed by atoms with Crippen molar-refractivity contribution in [2.75, 3.05) is 13.1 Å². The SMILES string of the molecule is O=C(NC1CNCCn2c1nc(-c1ccncc1)cc2=O)c1ccc(F)cc1C(F)(F)F. The maximum atomic E-state index is 13.4. The molecule has 0 bridgehead atoms. The lowest BCUT2D eigenvalue weighted by Crippen LogP contribution is -2.37. The summed E-state index contributed by atoms with van der Waals surface area (Å²) in [6.07, 6.45) is -1.85. The first-order valence-electron chi connectivity index (χ1n) is 9.64. The number of benzene rings is 1. The van der Waals surface area contributed by atoms with Gasteiger partial charge in [-0.15, -0.1) is 0 Å². The predicted octanol–water partition coefficient (Wildman–Crippen LogP) is 2.54. The number of fused-ring (bicyclic) bond motifs is 1. The molecule has 32 heavy (non-hydrogen) atoms. The van der Waals surface area contributed by atoms with Crippen LogP contribution >= 0.6 is 0 Å². The van der Waals surface area contributed by atoms with E-state index in [0.717, 1.165) is 12.1 Å². The van der Waals surface area contributed by atoms with Gasteiger partial charge in [-0.2, -0.15) is 13.2 Å². The summed E-state index contributed by atoms with van der Waals surface area (Å²) in [5.74, 6) is -1.95. The molecule has 0 saturated carbocycles. The Labute approximate surface area is 179 Å². The van der Waals surface area contributed by atoms with Gasteiger partial charge in [-0.3, -0.25) is 19.1 Å². The highest BCUT2D eigenvalue weighted by Gasteiger charge is 2.36. The second-order valence-electron chi connectivity index (χ2n) is 7.14. The highest BCUT2D eigenvalue weighted by molar-refractivity contribution is 5.96. The number of nitrogens with one attached hydrogen (secondary N) is 2. The number of pyridine rings is 1. The number of aromatic nitrogens is 3. The molecule has 0 fully saturated rings. The van der Waals surface area contributed by atoms with Crippen LogP contribution in [0.3, 0.4) is 0 Å². The number of rotatable bonds is 3. The second kappa shape index (κ2) is 8.50. The molecule has 3 aromatic rings. The van der Waals surface area contributed by atoms with E-state index in [1.54, 1.807) is 12.1 Å². The molecule has 1 aromatic carbocycles. The molecular formula is C21H17F4N5O2. The van der Waals surface area contributed by atoms with Gasteiger partial charge in [-0.05, 0) is 30.3 Å². The van der Waals surface area contributed by atoms with E-state index < -0.39 is 35.1 Å². The van der Waals surface area contributed by atoms with Gasteiger partial charge in [0.05, 0.1) is 22.9 Å². The monoisotopic (exact) mass is 447 g/mol. The van der Waals surface area contributed by atoms with E-state index >= 15 is 0 Å². The fourth-order valence-electron chi connectivity index (χ4n) is 3.51. The van der Waals surface area contributed by atoms with Gasteiger partial charge in [0.1, 0.15) is 11.6 Å². The normalized spacial score (nSPS) is 16.2. The van der Waals surface area contributed by atoms with Gasteiger partial charge in [0.2, 0.25) is 0 Å². The molecule has 7 nitrogen and oxygen atoms in total. The third-order valence-corrected chi connectivity index (χ3v) is 5.02. The van der Waals surface area contributed by atoms with E-state index in [1.807, 2.05) is 0 Å². The summed E-state index contributed by atoms with van der Waals surface area (Å²) in [7, 11) is 0. The molecule has 1 aliphatic heterocycles. The first kappa shape index (κ1) is 21.6. The van der Waals surface area contributed by atoms with Crippen molar-refractivity contribution < 1.29 is 22.4 Å². The Bertz CT molecular complexity index is 1210. The van der Waals surface area contributed by atoms with Gasteiger partial charge in [0, 0.05) is 43.7 Å². The van der Waals surface area contributed by atoms with Crippen LogP contribution in [-0.4, -0.2) is 33.5 Å². The van der Waals surface area contributed by atoms with Crippen LogP contribution < -0.4 is 16.2 Å². The second-order valence-corrected chi connectivity index (χ2v) is 7.14. The number of carbonyl (C=O) groups is 1. The molecule has 3 heterocycles. The Morgan fingerprint density at radius 2 is 1.91 bits per heavy atom. The van der Waals surface area contributed by atoms with Crippen molar-refractivity contribution in [3.8, 4) is 11.3 Å². The standard InChI is InChI=1S/C21H17F4N5O2/c22-13-1-2-14(15(9-13)21(23,24)25)20(32)29-17-11-27-7-8-30-18(31)10-16(28-19(17)30)12-3-5-26-6-4-12/h1-6,9-10,17,27H,7-8,11H2,(H,29,32). The number of nitrogens with zero attached hydrogens (tertiary/aromatic N) is 3. The van der Waals surface area contributed by atoms with E-state index in [9.17, 15) is 27.2 Å². The summed E-state index contributed by atoms with van der Waals surface area (Å²) in [5.41, 5.74) is -1.49. The Kier molecular flexibility index (Phi) is 5.74. The molecule has 2 N–H and O–H groups in total. The Morgan fingerprint density at radius 3 is 2.62 bits per heavy atom. The third kappa shape index (κ3) is 4.37. The average Bonchev–Trinajstić information content (AvgIpc) is 2.96. The highest BCUT2D eigenvalue weighted by Crippen LogP contribution is 2.33. The molecule has 4 rings (SSSR count). The van der Waals surface area contributed by atoms with E-state index in [4.69, 9.17) is 0 Å². The van der Waals surface area contributed by atoms with E-state index in [0.29, 0.717) is 17.8 Å². The Hall–Kier alpha value is -3.60.